The van der Waals surface area contributed by atoms with Gasteiger partial charge in [0.25, 0.3) is 0 Å². The lowest BCUT2D eigenvalue weighted by Gasteiger charge is -2.01. The molecule has 1 aromatic heterocycles. The van der Waals surface area contributed by atoms with Crippen molar-refractivity contribution < 1.29 is 9.21 Å². The highest BCUT2D eigenvalue weighted by Crippen LogP contribution is 2.16. The van der Waals surface area contributed by atoms with Gasteiger partial charge in [0.2, 0.25) is 0 Å². The van der Waals surface area contributed by atoms with Crippen LogP contribution in [-0.4, -0.2) is 11.5 Å². The summed E-state index contributed by atoms with van der Waals surface area (Å²) in [6.45, 7) is 0. The van der Waals surface area contributed by atoms with E-state index in [0.29, 0.717) is 5.75 Å². The number of thioether (sulfide) groups is 1. The Labute approximate surface area is 113 Å². The Morgan fingerprint density at radius 3 is 2.88 bits per heavy atom. The van der Waals surface area contributed by atoms with Crippen LogP contribution in [0.5, 0.6) is 0 Å². The number of Topliss-reactive ketones (excluding diaryl/α,β-unsaturated/α-hetero) is 1. The average molecular weight is 311 g/mol. The Morgan fingerprint density at radius 2 is 2.18 bits per heavy atom. The van der Waals surface area contributed by atoms with E-state index in [0.717, 1.165) is 21.5 Å². The Bertz CT molecular complexity index is 494. The first-order valence-electron chi connectivity index (χ1n) is 5.14. The maximum atomic E-state index is 11.9. The third-order valence-electron chi connectivity index (χ3n) is 2.20. The predicted molar refractivity (Wildman–Crippen MR) is 73.3 cm³/mol. The summed E-state index contributed by atoms with van der Waals surface area (Å²) in [6, 6.07) is 11.2. The van der Waals surface area contributed by atoms with Gasteiger partial charge in [-0.25, -0.2) is 0 Å². The molecule has 0 aliphatic carbocycles. The molecule has 2 aromatic rings. The van der Waals surface area contributed by atoms with Gasteiger partial charge < -0.3 is 4.42 Å². The van der Waals surface area contributed by atoms with Gasteiger partial charge in [-0.3, -0.25) is 4.79 Å². The predicted octanol–water partition coefficient (Wildman–Crippen LogP) is 4.16. The van der Waals surface area contributed by atoms with E-state index in [9.17, 15) is 4.79 Å². The van der Waals surface area contributed by atoms with Crippen molar-refractivity contribution in [1.82, 2.24) is 0 Å². The van der Waals surface area contributed by atoms with Gasteiger partial charge in [0.05, 0.1) is 17.8 Å². The number of carbonyl (C=O) groups is 1. The Morgan fingerprint density at radius 1 is 1.29 bits per heavy atom. The molecule has 0 radical (unpaired) electrons. The fourth-order valence-electron chi connectivity index (χ4n) is 1.38. The van der Waals surface area contributed by atoms with Crippen LogP contribution < -0.4 is 0 Å². The van der Waals surface area contributed by atoms with Gasteiger partial charge in [-0.1, -0.05) is 28.1 Å². The van der Waals surface area contributed by atoms with Crippen molar-refractivity contribution in [2.45, 2.75) is 5.75 Å². The fraction of sp³-hybridized carbons (Fsp3) is 0.154. The topological polar surface area (TPSA) is 30.2 Å². The van der Waals surface area contributed by atoms with Crippen molar-refractivity contribution in [3.63, 3.8) is 0 Å². The molecule has 0 aliphatic heterocycles. The zero-order chi connectivity index (χ0) is 12.1. The molecule has 1 aromatic carbocycles. The molecular weight excluding hydrogens is 300 g/mol. The monoisotopic (exact) mass is 310 g/mol. The average Bonchev–Trinajstić information content (AvgIpc) is 2.82. The molecule has 0 bridgehead atoms. The Balaban J connectivity index is 1.85. The highest BCUT2D eigenvalue weighted by atomic mass is 79.9. The van der Waals surface area contributed by atoms with E-state index in [4.69, 9.17) is 4.42 Å². The van der Waals surface area contributed by atoms with Crippen LogP contribution >= 0.6 is 27.7 Å². The van der Waals surface area contributed by atoms with E-state index in [1.165, 1.54) is 0 Å². The lowest BCUT2D eigenvalue weighted by molar-refractivity contribution is 0.102. The maximum Gasteiger partial charge on any atom is 0.172 e. The molecule has 0 saturated heterocycles. The second-order valence-corrected chi connectivity index (χ2v) is 5.41. The first-order valence-corrected chi connectivity index (χ1v) is 7.09. The van der Waals surface area contributed by atoms with Crippen LogP contribution in [0.4, 0.5) is 0 Å². The molecule has 2 rings (SSSR count). The van der Waals surface area contributed by atoms with Crippen LogP contribution in [0.15, 0.2) is 51.6 Å². The molecule has 0 amide bonds. The molecule has 0 fully saturated rings. The van der Waals surface area contributed by atoms with Crippen molar-refractivity contribution in [2.75, 3.05) is 5.75 Å². The summed E-state index contributed by atoms with van der Waals surface area (Å²) in [5.41, 5.74) is 0.742. The van der Waals surface area contributed by atoms with Crippen molar-refractivity contribution in [2.24, 2.45) is 0 Å². The number of hydrogen-bond acceptors (Lipinski definition) is 3. The molecule has 0 aliphatic rings. The number of rotatable bonds is 5. The van der Waals surface area contributed by atoms with Gasteiger partial charge in [0.1, 0.15) is 5.76 Å². The first kappa shape index (κ1) is 12.5. The molecule has 0 atom stereocenters. The van der Waals surface area contributed by atoms with E-state index in [1.807, 2.05) is 36.4 Å². The highest BCUT2D eigenvalue weighted by molar-refractivity contribution is 9.10. The van der Waals surface area contributed by atoms with Crippen molar-refractivity contribution in [3.8, 4) is 0 Å². The van der Waals surface area contributed by atoms with E-state index >= 15 is 0 Å². The largest absolute Gasteiger partial charge is 0.468 e. The van der Waals surface area contributed by atoms with Gasteiger partial charge >= 0.3 is 0 Å². The smallest absolute Gasteiger partial charge is 0.172 e. The van der Waals surface area contributed by atoms with Crippen molar-refractivity contribution in [1.29, 1.82) is 0 Å². The summed E-state index contributed by atoms with van der Waals surface area (Å²) in [5.74, 6) is 2.24. The molecule has 88 valence electrons. The molecule has 1 heterocycles. The van der Waals surface area contributed by atoms with Gasteiger partial charge in [0, 0.05) is 10.0 Å². The van der Waals surface area contributed by atoms with E-state index in [2.05, 4.69) is 15.9 Å². The minimum absolute atomic E-state index is 0.142. The Hall–Kier alpha value is -1.000. The fourth-order valence-corrected chi connectivity index (χ4v) is 2.60. The minimum atomic E-state index is 0.142. The van der Waals surface area contributed by atoms with Gasteiger partial charge in [-0.15, -0.1) is 11.8 Å². The van der Waals surface area contributed by atoms with E-state index < -0.39 is 0 Å². The van der Waals surface area contributed by atoms with Crippen LogP contribution in [0.1, 0.15) is 16.1 Å². The quantitative estimate of drug-likeness (QED) is 0.777. The molecule has 0 unspecified atom stereocenters. The van der Waals surface area contributed by atoms with E-state index in [1.54, 1.807) is 18.0 Å². The van der Waals surface area contributed by atoms with Crippen LogP contribution in [0.2, 0.25) is 0 Å². The van der Waals surface area contributed by atoms with Gasteiger partial charge in [-0.05, 0) is 24.3 Å². The number of ketones is 1. The normalized spacial score (nSPS) is 10.4. The third kappa shape index (κ3) is 3.75. The lowest BCUT2D eigenvalue weighted by atomic mass is 10.2. The number of hydrogen-bond donors (Lipinski definition) is 0. The molecule has 0 spiro atoms. The molecule has 17 heavy (non-hydrogen) atoms. The van der Waals surface area contributed by atoms with Crippen molar-refractivity contribution in [3.05, 3.63) is 58.5 Å². The Kier molecular flexibility index (Phi) is 4.45. The van der Waals surface area contributed by atoms with Gasteiger partial charge in [0.15, 0.2) is 5.78 Å². The highest BCUT2D eigenvalue weighted by Gasteiger charge is 2.06. The van der Waals surface area contributed by atoms with Crippen LogP contribution in [-0.2, 0) is 5.75 Å². The summed E-state index contributed by atoms with van der Waals surface area (Å²) in [7, 11) is 0. The SMILES string of the molecule is O=C(CSCc1ccco1)c1cccc(Br)c1. The number of carbonyl (C=O) groups excluding carboxylic acids is 1. The van der Waals surface area contributed by atoms with Crippen LogP contribution in [0.3, 0.4) is 0 Å². The molecule has 2 nitrogen and oxygen atoms in total. The maximum absolute atomic E-state index is 11.9. The molecule has 0 N–H and O–H groups in total. The third-order valence-corrected chi connectivity index (χ3v) is 3.65. The molecular formula is C13H11BrO2S. The number of furan rings is 1. The first-order chi connectivity index (χ1) is 8.25. The zero-order valence-corrected chi connectivity index (χ0v) is 11.5. The standard InChI is InChI=1S/C13H11BrO2S/c14-11-4-1-3-10(7-11)13(15)9-17-8-12-5-2-6-16-12/h1-7H,8-9H2. The zero-order valence-electron chi connectivity index (χ0n) is 9.06. The molecule has 0 saturated carbocycles. The van der Waals surface area contributed by atoms with Crippen molar-refractivity contribution >= 4 is 33.5 Å². The summed E-state index contributed by atoms with van der Waals surface area (Å²) in [4.78, 5) is 11.9. The summed E-state index contributed by atoms with van der Waals surface area (Å²) >= 11 is 4.92. The second-order valence-electron chi connectivity index (χ2n) is 3.51. The second kappa shape index (κ2) is 6.07. The number of benzene rings is 1. The van der Waals surface area contributed by atoms with E-state index in [-0.39, 0.29) is 5.78 Å². The van der Waals surface area contributed by atoms with Gasteiger partial charge in [-0.2, -0.15) is 0 Å². The minimum Gasteiger partial charge on any atom is -0.468 e. The molecule has 4 heteroatoms. The lowest BCUT2D eigenvalue weighted by Crippen LogP contribution is -2.02. The summed E-state index contributed by atoms with van der Waals surface area (Å²) in [6.07, 6.45) is 1.64. The summed E-state index contributed by atoms with van der Waals surface area (Å²) in [5, 5.41) is 0. The number of halogens is 1. The van der Waals surface area contributed by atoms with Crippen LogP contribution in [0, 0.1) is 0 Å². The summed E-state index contributed by atoms with van der Waals surface area (Å²) < 4.78 is 6.13. The van der Waals surface area contributed by atoms with Crippen LogP contribution in [0.25, 0.3) is 0 Å².